The molecule has 3 rings (SSSR count). The number of rotatable bonds is 6. The maximum atomic E-state index is 12.7. The van der Waals surface area contributed by atoms with E-state index in [0.29, 0.717) is 41.2 Å². The zero-order valence-electron chi connectivity index (χ0n) is 14.6. The molecule has 0 aliphatic carbocycles. The number of benzene rings is 1. The summed E-state index contributed by atoms with van der Waals surface area (Å²) in [4.78, 5) is 28.8. The van der Waals surface area contributed by atoms with Gasteiger partial charge in [0.05, 0.1) is 29.4 Å². The fourth-order valence-electron chi connectivity index (χ4n) is 2.49. The first-order valence-electron chi connectivity index (χ1n) is 8.18. The summed E-state index contributed by atoms with van der Waals surface area (Å²) in [5.74, 6) is 0.108. The minimum absolute atomic E-state index is 0.261. The quantitative estimate of drug-likeness (QED) is 0.644. The molecule has 2 heterocycles. The molecule has 0 saturated carbocycles. The van der Waals surface area contributed by atoms with Crippen LogP contribution in [0.1, 0.15) is 15.9 Å². The van der Waals surface area contributed by atoms with Gasteiger partial charge >= 0.3 is 0 Å². The smallest absolute Gasteiger partial charge is 0.280 e. The Kier molecular flexibility index (Phi) is 5.44. The normalized spacial score (nSPS) is 10.4. The van der Waals surface area contributed by atoms with Gasteiger partial charge in [0.1, 0.15) is 0 Å². The number of aromatic nitrogens is 3. The van der Waals surface area contributed by atoms with Gasteiger partial charge < -0.3 is 10.1 Å². The largest absolute Gasteiger partial charge is 0.383 e. The Bertz CT molecular complexity index is 1030. The molecule has 0 aliphatic heterocycles. The summed E-state index contributed by atoms with van der Waals surface area (Å²) in [5.41, 5.74) is 1.80. The minimum atomic E-state index is -0.274. The highest BCUT2D eigenvalue weighted by atomic mass is 16.5. The van der Waals surface area contributed by atoms with E-state index in [-0.39, 0.29) is 11.5 Å². The van der Waals surface area contributed by atoms with Gasteiger partial charge in [-0.2, -0.15) is 5.26 Å². The lowest BCUT2D eigenvalue weighted by atomic mass is 10.1. The zero-order valence-corrected chi connectivity index (χ0v) is 14.6. The molecule has 3 aromatic rings. The third-order valence-electron chi connectivity index (χ3n) is 3.93. The molecular formula is C19H17N5O3. The number of nitriles is 1. The van der Waals surface area contributed by atoms with Crippen molar-refractivity contribution < 1.29 is 9.53 Å². The molecular weight excluding hydrogens is 346 g/mol. The summed E-state index contributed by atoms with van der Waals surface area (Å²) < 4.78 is 6.17. The zero-order chi connectivity index (χ0) is 19.2. The Morgan fingerprint density at radius 2 is 2.07 bits per heavy atom. The molecule has 8 heteroatoms. The van der Waals surface area contributed by atoms with E-state index in [1.54, 1.807) is 49.7 Å². The van der Waals surface area contributed by atoms with Crippen molar-refractivity contribution in [1.29, 1.82) is 5.26 Å². The number of hydrogen-bond donors (Lipinski definition) is 2. The molecule has 2 N–H and O–H groups in total. The maximum absolute atomic E-state index is 12.7. The highest BCUT2D eigenvalue weighted by Crippen LogP contribution is 2.16. The van der Waals surface area contributed by atoms with Gasteiger partial charge in [-0.3, -0.25) is 14.7 Å². The number of pyridine rings is 1. The van der Waals surface area contributed by atoms with Gasteiger partial charge in [0.2, 0.25) is 0 Å². The monoisotopic (exact) mass is 363 g/mol. The second-order valence-corrected chi connectivity index (χ2v) is 5.67. The number of H-pyrrole nitrogens is 1. The molecule has 0 radical (unpaired) electrons. The van der Waals surface area contributed by atoms with Crippen LogP contribution in [0.25, 0.3) is 16.9 Å². The second kappa shape index (κ2) is 8.12. The van der Waals surface area contributed by atoms with E-state index in [2.05, 4.69) is 15.4 Å². The Labute approximate surface area is 155 Å². The first kappa shape index (κ1) is 18.1. The van der Waals surface area contributed by atoms with Crippen molar-refractivity contribution in [2.75, 3.05) is 20.3 Å². The van der Waals surface area contributed by atoms with Gasteiger partial charge in [-0.1, -0.05) is 12.1 Å². The number of nitrogens with one attached hydrogen (secondary N) is 2. The van der Waals surface area contributed by atoms with Gasteiger partial charge in [0.15, 0.2) is 5.82 Å². The third kappa shape index (κ3) is 3.94. The molecule has 0 fully saturated rings. The molecule has 0 atom stereocenters. The third-order valence-corrected chi connectivity index (χ3v) is 3.93. The van der Waals surface area contributed by atoms with Crippen LogP contribution < -0.4 is 10.9 Å². The summed E-state index contributed by atoms with van der Waals surface area (Å²) >= 11 is 0. The average molecular weight is 363 g/mol. The van der Waals surface area contributed by atoms with E-state index in [0.717, 1.165) is 0 Å². The van der Waals surface area contributed by atoms with Gasteiger partial charge in [0, 0.05) is 26.0 Å². The summed E-state index contributed by atoms with van der Waals surface area (Å²) in [6.07, 6.45) is 2.99. The van der Waals surface area contributed by atoms with E-state index in [9.17, 15) is 9.59 Å². The predicted molar refractivity (Wildman–Crippen MR) is 98.5 cm³/mol. The number of carbonyl (C=O) groups is 1. The number of methoxy groups -OCH3 is 1. The van der Waals surface area contributed by atoms with E-state index in [1.165, 1.54) is 10.9 Å². The molecule has 27 heavy (non-hydrogen) atoms. The molecule has 0 unspecified atom stereocenters. The summed E-state index contributed by atoms with van der Waals surface area (Å²) in [6.45, 7) is 0.828. The van der Waals surface area contributed by atoms with Crippen molar-refractivity contribution >= 4 is 5.91 Å². The van der Waals surface area contributed by atoms with Gasteiger partial charge in [-0.15, -0.1) is 0 Å². The van der Waals surface area contributed by atoms with E-state index in [1.807, 2.05) is 6.07 Å². The molecule has 2 aromatic heterocycles. The van der Waals surface area contributed by atoms with Crippen molar-refractivity contribution in [3.8, 4) is 23.0 Å². The van der Waals surface area contributed by atoms with E-state index in [4.69, 9.17) is 10.00 Å². The number of nitrogens with zero attached hydrogens (tertiary/aromatic N) is 3. The van der Waals surface area contributed by atoms with Crippen LogP contribution in [0.5, 0.6) is 0 Å². The Hall–Kier alpha value is -3.70. The summed E-state index contributed by atoms with van der Waals surface area (Å²) in [5, 5.41) is 14.4. The highest BCUT2D eigenvalue weighted by Gasteiger charge is 2.12. The van der Waals surface area contributed by atoms with Crippen molar-refractivity contribution in [2.45, 2.75) is 0 Å². The molecule has 0 saturated heterocycles. The first-order chi connectivity index (χ1) is 13.1. The van der Waals surface area contributed by atoms with Crippen LogP contribution in [0, 0.1) is 11.3 Å². The molecule has 0 spiro atoms. The molecule has 0 aliphatic rings. The highest BCUT2D eigenvalue weighted by molar-refractivity contribution is 5.93. The Morgan fingerprint density at radius 1 is 1.30 bits per heavy atom. The lowest BCUT2D eigenvalue weighted by Gasteiger charge is -2.05. The second-order valence-electron chi connectivity index (χ2n) is 5.67. The maximum Gasteiger partial charge on any atom is 0.280 e. The van der Waals surface area contributed by atoms with Crippen LogP contribution in [-0.4, -0.2) is 40.9 Å². The van der Waals surface area contributed by atoms with Crippen LogP contribution >= 0.6 is 0 Å². The van der Waals surface area contributed by atoms with Crippen LogP contribution in [0.2, 0.25) is 0 Å². The van der Waals surface area contributed by atoms with E-state index >= 15 is 0 Å². The van der Waals surface area contributed by atoms with Gasteiger partial charge in [-0.05, 0) is 29.8 Å². The fourth-order valence-corrected chi connectivity index (χ4v) is 2.49. The molecule has 1 amide bonds. The summed E-state index contributed by atoms with van der Waals surface area (Å²) in [6, 6.07) is 12.0. The van der Waals surface area contributed by atoms with E-state index < -0.39 is 0 Å². The summed E-state index contributed by atoms with van der Waals surface area (Å²) in [7, 11) is 1.56. The standard InChI is InChI=1S/C19H17N5O3/c1-27-9-8-21-18(25)15-6-7-17(22-11-15)24-19(26)16(12-23-24)14-4-2-13(10-20)3-5-14/h2-7,11-12,23H,8-9H2,1H3,(H,21,25). The number of hydrogen-bond acceptors (Lipinski definition) is 5. The number of carbonyl (C=O) groups excluding carboxylic acids is 1. The lowest BCUT2D eigenvalue weighted by Crippen LogP contribution is -2.27. The first-order valence-corrected chi connectivity index (χ1v) is 8.18. The molecule has 8 nitrogen and oxygen atoms in total. The van der Waals surface area contributed by atoms with Crippen molar-refractivity contribution in [3.05, 3.63) is 70.3 Å². The van der Waals surface area contributed by atoms with Crippen molar-refractivity contribution in [2.24, 2.45) is 0 Å². The lowest BCUT2D eigenvalue weighted by molar-refractivity contribution is 0.0936. The van der Waals surface area contributed by atoms with Gasteiger partial charge in [0.25, 0.3) is 11.5 Å². The van der Waals surface area contributed by atoms with Crippen LogP contribution in [0.15, 0.2) is 53.6 Å². The fraction of sp³-hybridized carbons (Fsp3) is 0.158. The predicted octanol–water partition coefficient (Wildman–Crippen LogP) is 1.48. The molecule has 136 valence electrons. The SMILES string of the molecule is COCCNC(=O)c1ccc(-n2[nH]cc(-c3ccc(C#N)cc3)c2=O)nc1. The molecule has 1 aromatic carbocycles. The number of aromatic amines is 1. The van der Waals surface area contributed by atoms with Crippen LogP contribution in [0.3, 0.4) is 0 Å². The van der Waals surface area contributed by atoms with Gasteiger partial charge in [-0.25, -0.2) is 9.67 Å². The van der Waals surface area contributed by atoms with Crippen molar-refractivity contribution in [3.63, 3.8) is 0 Å². The number of amides is 1. The average Bonchev–Trinajstić information content (AvgIpc) is 3.09. The van der Waals surface area contributed by atoms with Crippen LogP contribution in [0.4, 0.5) is 0 Å². The Morgan fingerprint density at radius 3 is 2.70 bits per heavy atom. The Balaban J connectivity index is 1.81. The van der Waals surface area contributed by atoms with Crippen LogP contribution in [-0.2, 0) is 4.74 Å². The topological polar surface area (TPSA) is 113 Å². The van der Waals surface area contributed by atoms with Crippen molar-refractivity contribution in [1.82, 2.24) is 20.1 Å². The molecule has 0 bridgehead atoms. The minimum Gasteiger partial charge on any atom is -0.383 e. The number of ether oxygens (including phenoxy) is 1.